The summed E-state index contributed by atoms with van der Waals surface area (Å²) in [6, 6.07) is 4.13. The van der Waals surface area contributed by atoms with Gasteiger partial charge in [-0.25, -0.2) is 4.79 Å². The van der Waals surface area contributed by atoms with E-state index in [1.165, 1.54) is 13.5 Å². The van der Waals surface area contributed by atoms with Gasteiger partial charge in [0.1, 0.15) is 0 Å². The second-order valence-electron chi connectivity index (χ2n) is 4.85. The Morgan fingerprint density at radius 1 is 1.47 bits per heavy atom. The average Bonchev–Trinajstić information content (AvgIpc) is 2.46. The minimum Gasteiger partial charge on any atom is -0.464 e. The molecule has 6 heteroatoms. The fraction of sp³-hybridized carbons (Fsp3) is 0.615. The Morgan fingerprint density at radius 2 is 2.26 bits per heavy atom. The SMILES string of the molecule is COC(=O)c1ccc(N2C(C)CCCC2CN)nn1. The molecule has 2 unspecified atom stereocenters. The number of carbonyl (C=O) groups excluding carboxylic acids is 1. The van der Waals surface area contributed by atoms with Crippen LogP contribution in [0.15, 0.2) is 12.1 Å². The number of nitrogens with zero attached hydrogens (tertiary/aromatic N) is 3. The molecule has 0 aliphatic carbocycles. The van der Waals surface area contributed by atoms with Crippen molar-refractivity contribution in [1.82, 2.24) is 10.2 Å². The van der Waals surface area contributed by atoms with E-state index < -0.39 is 5.97 Å². The van der Waals surface area contributed by atoms with Crippen LogP contribution in [0.1, 0.15) is 36.7 Å². The van der Waals surface area contributed by atoms with Gasteiger partial charge in [-0.15, -0.1) is 10.2 Å². The average molecular weight is 264 g/mol. The van der Waals surface area contributed by atoms with Crippen LogP contribution in [0, 0.1) is 0 Å². The highest BCUT2D eigenvalue weighted by Crippen LogP contribution is 2.26. The molecule has 1 aliphatic rings. The third kappa shape index (κ3) is 2.84. The summed E-state index contributed by atoms with van der Waals surface area (Å²) in [5.41, 5.74) is 6.05. The summed E-state index contributed by atoms with van der Waals surface area (Å²) in [7, 11) is 1.33. The van der Waals surface area contributed by atoms with E-state index in [-0.39, 0.29) is 5.69 Å². The van der Waals surface area contributed by atoms with Crippen molar-refractivity contribution in [2.75, 3.05) is 18.6 Å². The summed E-state index contributed by atoms with van der Waals surface area (Å²) >= 11 is 0. The molecule has 1 aromatic rings. The zero-order valence-electron chi connectivity index (χ0n) is 11.4. The Hall–Kier alpha value is -1.69. The van der Waals surface area contributed by atoms with E-state index in [2.05, 4.69) is 26.8 Å². The van der Waals surface area contributed by atoms with Crippen molar-refractivity contribution in [2.24, 2.45) is 5.73 Å². The van der Waals surface area contributed by atoms with Crippen molar-refractivity contribution in [3.8, 4) is 0 Å². The molecule has 2 atom stereocenters. The zero-order chi connectivity index (χ0) is 13.8. The predicted molar refractivity (Wildman–Crippen MR) is 72.0 cm³/mol. The van der Waals surface area contributed by atoms with Crippen LogP contribution >= 0.6 is 0 Å². The van der Waals surface area contributed by atoms with Gasteiger partial charge in [-0.1, -0.05) is 0 Å². The molecule has 1 aliphatic heterocycles. The van der Waals surface area contributed by atoms with E-state index in [0.29, 0.717) is 18.6 Å². The Morgan fingerprint density at radius 3 is 2.84 bits per heavy atom. The lowest BCUT2D eigenvalue weighted by Crippen LogP contribution is -2.49. The van der Waals surface area contributed by atoms with Gasteiger partial charge in [0.15, 0.2) is 11.5 Å². The molecular formula is C13H20N4O2. The lowest BCUT2D eigenvalue weighted by Gasteiger charge is -2.40. The maximum atomic E-state index is 11.3. The van der Waals surface area contributed by atoms with E-state index in [9.17, 15) is 4.79 Å². The molecule has 104 valence electrons. The van der Waals surface area contributed by atoms with Crippen LogP contribution in [0.3, 0.4) is 0 Å². The van der Waals surface area contributed by atoms with Crippen molar-refractivity contribution < 1.29 is 9.53 Å². The van der Waals surface area contributed by atoms with Crippen molar-refractivity contribution >= 4 is 11.8 Å². The maximum absolute atomic E-state index is 11.3. The van der Waals surface area contributed by atoms with Crippen LogP contribution in [-0.2, 0) is 4.74 Å². The van der Waals surface area contributed by atoms with Gasteiger partial charge in [-0.3, -0.25) is 0 Å². The van der Waals surface area contributed by atoms with Crippen molar-refractivity contribution in [3.05, 3.63) is 17.8 Å². The van der Waals surface area contributed by atoms with Gasteiger partial charge in [0.2, 0.25) is 0 Å². The van der Waals surface area contributed by atoms with Crippen LogP contribution in [0.2, 0.25) is 0 Å². The first-order chi connectivity index (χ1) is 9.17. The monoisotopic (exact) mass is 264 g/mol. The number of methoxy groups -OCH3 is 1. The van der Waals surface area contributed by atoms with Crippen molar-refractivity contribution in [1.29, 1.82) is 0 Å². The lowest BCUT2D eigenvalue weighted by atomic mass is 9.96. The molecule has 0 spiro atoms. The molecule has 1 saturated heterocycles. The quantitative estimate of drug-likeness (QED) is 0.819. The second-order valence-corrected chi connectivity index (χ2v) is 4.85. The standard InChI is InChI=1S/C13H20N4O2/c1-9-4-3-5-10(8-14)17(9)12-7-6-11(15-16-12)13(18)19-2/h6-7,9-10H,3-5,8,14H2,1-2H3. The Labute approximate surface area is 112 Å². The lowest BCUT2D eigenvalue weighted by molar-refractivity contribution is 0.0592. The number of hydrogen-bond donors (Lipinski definition) is 1. The van der Waals surface area contributed by atoms with Gasteiger partial charge >= 0.3 is 5.97 Å². The highest BCUT2D eigenvalue weighted by atomic mass is 16.5. The van der Waals surface area contributed by atoms with Crippen LogP contribution in [-0.4, -0.2) is 41.9 Å². The fourth-order valence-electron chi connectivity index (χ4n) is 2.61. The van der Waals surface area contributed by atoms with Gasteiger partial charge in [-0.2, -0.15) is 0 Å². The number of hydrogen-bond acceptors (Lipinski definition) is 6. The summed E-state index contributed by atoms with van der Waals surface area (Å²) in [5, 5.41) is 8.06. The highest BCUT2D eigenvalue weighted by molar-refractivity contribution is 5.86. The normalized spacial score (nSPS) is 23.2. The maximum Gasteiger partial charge on any atom is 0.358 e. The predicted octanol–water partition coefficient (Wildman–Crippen LogP) is 0.969. The van der Waals surface area contributed by atoms with E-state index >= 15 is 0 Å². The number of anilines is 1. The summed E-state index contributed by atoms with van der Waals surface area (Å²) in [6.45, 7) is 2.77. The highest BCUT2D eigenvalue weighted by Gasteiger charge is 2.28. The minimum atomic E-state index is -0.471. The first kappa shape index (κ1) is 13.7. The molecular weight excluding hydrogens is 244 g/mol. The van der Waals surface area contributed by atoms with E-state index in [0.717, 1.165) is 18.7 Å². The second kappa shape index (κ2) is 5.97. The first-order valence-corrected chi connectivity index (χ1v) is 6.57. The molecule has 1 fully saturated rings. The van der Waals surface area contributed by atoms with Gasteiger partial charge < -0.3 is 15.4 Å². The molecule has 0 radical (unpaired) electrons. The largest absolute Gasteiger partial charge is 0.464 e. The summed E-state index contributed by atoms with van der Waals surface area (Å²) in [4.78, 5) is 13.5. The fourth-order valence-corrected chi connectivity index (χ4v) is 2.61. The summed E-state index contributed by atoms with van der Waals surface area (Å²) in [5.74, 6) is 0.302. The van der Waals surface area contributed by atoms with Gasteiger partial charge in [0.05, 0.1) is 7.11 Å². The number of ether oxygens (including phenoxy) is 1. The van der Waals surface area contributed by atoms with E-state index in [1.807, 2.05) is 6.07 Å². The molecule has 6 nitrogen and oxygen atoms in total. The van der Waals surface area contributed by atoms with Crippen LogP contribution < -0.4 is 10.6 Å². The van der Waals surface area contributed by atoms with Gasteiger partial charge in [0, 0.05) is 18.6 Å². The molecule has 19 heavy (non-hydrogen) atoms. The number of carbonyl (C=O) groups is 1. The topological polar surface area (TPSA) is 81.3 Å². The van der Waals surface area contributed by atoms with Gasteiger partial charge in [0.25, 0.3) is 0 Å². The zero-order valence-corrected chi connectivity index (χ0v) is 11.4. The minimum absolute atomic E-state index is 0.222. The number of esters is 1. The Bertz CT molecular complexity index is 435. The molecule has 0 bridgehead atoms. The molecule has 2 rings (SSSR count). The number of rotatable bonds is 3. The molecule has 0 saturated carbocycles. The Balaban J connectivity index is 2.22. The molecule has 0 aromatic carbocycles. The number of nitrogens with two attached hydrogens (primary N) is 1. The van der Waals surface area contributed by atoms with E-state index in [4.69, 9.17) is 5.73 Å². The van der Waals surface area contributed by atoms with E-state index in [1.54, 1.807) is 6.07 Å². The first-order valence-electron chi connectivity index (χ1n) is 6.57. The van der Waals surface area contributed by atoms with Crippen LogP contribution in [0.4, 0.5) is 5.82 Å². The van der Waals surface area contributed by atoms with Gasteiger partial charge in [-0.05, 0) is 38.3 Å². The Kier molecular flexibility index (Phi) is 4.31. The number of piperidine rings is 1. The molecule has 1 aromatic heterocycles. The smallest absolute Gasteiger partial charge is 0.358 e. The van der Waals surface area contributed by atoms with Crippen LogP contribution in [0.25, 0.3) is 0 Å². The number of aromatic nitrogens is 2. The molecule has 2 N–H and O–H groups in total. The third-order valence-corrected chi connectivity index (χ3v) is 3.61. The third-order valence-electron chi connectivity index (χ3n) is 3.61. The summed E-state index contributed by atoms with van der Waals surface area (Å²) in [6.07, 6.45) is 3.38. The van der Waals surface area contributed by atoms with Crippen LogP contribution in [0.5, 0.6) is 0 Å². The van der Waals surface area contributed by atoms with Crippen molar-refractivity contribution in [2.45, 2.75) is 38.3 Å². The molecule has 2 heterocycles. The summed E-state index contributed by atoms with van der Waals surface area (Å²) < 4.78 is 4.61. The molecule has 0 amide bonds. The van der Waals surface area contributed by atoms with Crippen molar-refractivity contribution in [3.63, 3.8) is 0 Å².